The lowest BCUT2D eigenvalue weighted by Gasteiger charge is -2.26. The van der Waals surface area contributed by atoms with Crippen LogP contribution in [0.3, 0.4) is 0 Å². The molecule has 0 saturated carbocycles. The molecule has 1 amide bonds. The molecule has 2 heterocycles. The lowest BCUT2D eigenvalue weighted by atomic mass is 10.1. The molecule has 0 unspecified atom stereocenters. The summed E-state index contributed by atoms with van der Waals surface area (Å²) < 4.78 is 30.0. The summed E-state index contributed by atoms with van der Waals surface area (Å²) in [6.45, 7) is 3.12. The van der Waals surface area contributed by atoms with Crippen LogP contribution in [-0.4, -0.2) is 48.3 Å². The van der Waals surface area contributed by atoms with Crippen LogP contribution >= 0.6 is 0 Å². The maximum absolute atomic E-state index is 12.4. The van der Waals surface area contributed by atoms with E-state index in [0.717, 1.165) is 24.8 Å². The summed E-state index contributed by atoms with van der Waals surface area (Å²) in [7, 11) is -3.94. The number of rotatable bonds is 4. The van der Waals surface area contributed by atoms with E-state index in [-0.39, 0.29) is 5.89 Å². The van der Waals surface area contributed by atoms with Crippen LogP contribution in [0.5, 0.6) is 0 Å². The van der Waals surface area contributed by atoms with E-state index in [4.69, 9.17) is 4.42 Å². The van der Waals surface area contributed by atoms with E-state index in [2.05, 4.69) is 10.2 Å². The third-order valence-corrected chi connectivity index (χ3v) is 5.28. The predicted molar refractivity (Wildman–Crippen MR) is 87.0 cm³/mol. The van der Waals surface area contributed by atoms with Gasteiger partial charge in [0.2, 0.25) is 21.6 Å². The van der Waals surface area contributed by atoms with Gasteiger partial charge in [-0.2, -0.15) is 0 Å². The molecule has 1 saturated heterocycles. The second-order valence-electron chi connectivity index (χ2n) is 5.94. The summed E-state index contributed by atoms with van der Waals surface area (Å²) in [6, 6.07) is 7.32. The summed E-state index contributed by atoms with van der Waals surface area (Å²) in [4.78, 5) is 13.7. The molecule has 2 aromatic rings. The summed E-state index contributed by atoms with van der Waals surface area (Å²) >= 11 is 0. The van der Waals surface area contributed by atoms with Gasteiger partial charge in [0.25, 0.3) is 0 Å². The van der Waals surface area contributed by atoms with Crippen LogP contribution in [0.2, 0.25) is 0 Å². The Morgan fingerprint density at radius 2 is 1.96 bits per heavy atom. The van der Waals surface area contributed by atoms with Crippen molar-refractivity contribution in [3.8, 4) is 11.5 Å². The maximum atomic E-state index is 12.4. The molecule has 24 heavy (non-hydrogen) atoms. The van der Waals surface area contributed by atoms with E-state index < -0.39 is 26.7 Å². The maximum Gasteiger partial charge on any atom is 0.336 e. The fourth-order valence-corrected chi connectivity index (χ4v) is 3.69. The minimum Gasteiger partial charge on any atom is -0.408 e. The highest BCUT2D eigenvalue weighted by atomic mass is 32.2. The van der Waals surface area contributed by atoms with Crippen molar-refractivity contribution >= 4 is 15.7 Å². The highest BCUT2D eigenvalue weighted by Crippen LogP contribution is 2.21. The van der Waals surface area contributed by atoms with Crippen molar-refractivity contribution < 1.29 is 17.6 Å². The van der Waals surface area contributed by atoms with Crippen molar-refractivity contribution in [1.82, 2.24) is 15.1 Å². The molecular formula is C16H19N3O4S. The number of amides is 1. The van der Waals surface area contributed by atoms with Gasteiger partial charge in [-0.05, 0) is 38.3 Å². The first-order chi connectivity index (χ1) is 11.5. The lowest BCUT2D eigenvalue weighted by molar-refractivity contribution is -0.129. The molecule has 8 heteroatoms. The molecule has 0 N–H and O–H groups in total. The number of benzene rings is 1. The summed E-state index contributed by atoms with van der Waals surface area (Å²) in [5.41, 5.74) is 1.64. The Labute approximate surface area is 140 Å². The number of carbonyl (C=O) groups excluding carboxylic acids is 1. The first kappa shape index (κ1) is 16.6. The van der Waals surface area contributed by atoms with Gasteiger partial charge in [0, 0.05) is 18.7 Å². The van der Waals surface area contributed by atoms with Gasteiger partial charge in [0.15, 0.2) is 0 Å². The summed E-state index contributed by atoms with van der Waals surface area (Å²) in [6.07, 6.45) is 2.88. The molecule has 1 aliphatic rings. The molecule has 0 spiro atoms. The number of likely N-dealkylation sites (tertiary alicyclic amines) is 1. The fraction of sp³-hybridized carbons (Fsp3) is 0.438. The highest BCUT2D eigenvalue weighted by molar-refractivity contribution is 7.91. The summed E-state index contributed by atoms with van der Waals surface area (Å²) in [5.74, 6) is -0.921. The molecule has 0 atom stereocenters. The predicted octanol–water partition coefficient (Wildman–Crippen LogP) is 1.83. The van der Waals surface area contributed by atoms with Gasteiger partial charge < -0.3 is 9.32 Å². The second kappa shape index (κ2) is 6.72. The average molecular weight is 349 g/mol. The molecule has 1 aromatic heterocycles. The number of hydrogen-bond acceptors (Lipinski definition) is 6. The first-order valence-electron chi connectivity index (χ1n) is 7.87. The quantitative estimate of drug-likeness (QED) is 0.836. The van der Waals surface area contributed by atoms with Crippen molar-refractivity contribution in [2.45, 2.75) is 31.4 Å². The third-order valence-electron chi connectivity index (χ3n) is 3.96. The smallest absolute Gasteiger partial charge is 0.336 e. The van der Waals surface area contributed by atoms with Crippen LogP contribution in [0.4, 0.5) is 0 Å². The van der Waals surface area contributed by atoms with Crippen molar-refractivity contribution in [2.75, 3.05) is 18.8 Å². The Kier molecular flexibility index (Phi) is 4.66. The lowest BCUT2D eigenvalue weighted by Crippen LogP contribution is -2.39. The molecule has 7 nitrogen and oxygen atoms in total. The standard InChI is InChI=1S/C16H19N3O4S/c1-12-6-5-7-13(10-12)15-17-18-16(23-15)24(21,22)11-14(20)19-8-3-2-4-9-19/h5-7,10H,2-4,8-9,11H2,1H3. The van der Waals surface area contributed by atoms with E-state index >= 15 is 0 Å². The Hall–Kier alpha value is -2.22. The van der Waals surface area contributed by atoms with Crippen molar-refractivity contribution in [2.24, 2.45) is 0 Å². The normalized spacial score (nSPS) is 15.5. The van der Waals surface area contributed by atoms with E-state index in [1.807, 2.05) is 25.1 Å². The molecule has 0 aliphatic carbocycles. The van der Waals surface area contributed by atoms with Crippen LogP contribution in [0.25, 0.3) is 11.5 Å². The van der Waals surface area contributed by atoms with Gasteiger partial charge in [-0.1, -0.05) is 22.8 Å². The Bertz CT molecular complexity index is 839. The van der Waals surface area contributed by atoms with E-state index in [0.29, 0.717) is 18.7 Å². The van der Waals surface area contributed by atoms with Crippen molar-refractivity contribution in [3.05, 3.63) is 29.8 Å². The van der Waals surface area contributed by atoms with Gasteiger partial charge in [-0.15, -0.1) is 5.10 Å². The molecule has 0 radical (unpaired) electrons. The van der Waals surface area contributed by atoms with Crippen LogP contribution in [0.1, 0.15) is 24.8 Å². The number of nitrogens with zero attached hydrogens (tertiary/aromatic N) is 3. The van der Waals surface area contributed by atoms with Crippen molar-refractivity contribution in [3.63, 3.8) is 0 Å². The van der Waals surface area contributed by atoms with Gasteiger partial charge in [-0.3, -0.25) is 4.79 Å². The highest BCUT2D eigenvalue weighted by Gasteiger charge is 2.29. The van der Waals surface area contributed by atoms with Gasteiger partial charge in [0.1, 0.15) is 5.75 Å². The van der Waals surface area contributed by atoms with E-state index in [1.54, 1.807) is 11.0 Å². The fourth-order valence-electron chi connectivity index (χ4n) is 2.69. The molecule has 1 aliphatic heterocycles. The minimum atomic E-state index is -3.94. The zero-order valence-corrected chi connectivity index (χ0v) is 14.3. The van der Waals surface area contributed by atoms with Crippen LogP contribution in [0.15, 0.2) is 33.9 Å². The molecule has 3 rings (SSSR count). The number of sulfone groups is 1. The Morgan fingerprint density at radius 1 is 1.21 bits per heavy atom. The van der Waals surface area contributed by atoms with Gasteiger partial charge >= 0.3 is 5.22 Å². The second-order valence-corrected chi connectivity index (χ2v) is 7.81. The number of aryl methyl sites for hydroxylation is 1. The van der Waals surface area contributed by atoms with Crippen LogP contribution in [0, 0.1) is 6.92 Å². The van der Waals surface area contributed by atoms with E-state index in [9.17, 15) is 13.2 Å². The van der Waals surface area contributed by atoms with Crippen molar-refractivity contribution in [1.29, 1.82) is 0 Å². The largest absolute Gasteiger partial charge is 0.408 e. The number of carbonyl (C=O) groups is 1. The molecule has 1 aromatic carbocycles. The Morgan fingerprint density at radius 3 is 2.67 bits per heavy atom. The number of hydrogen-bond donors (Lipinski definition) is 0. The molecule has 1 fully saturated rings. The number of aromatic nitrogens is 2. The van der Waals surface area contributed by atoms with Crippen LogP contribution in [-0.2, 0) is 14.6 Å². The molecule has 0 bridgehead atoms. The zero-order chi connectivity index (χ0) is 17.2. The first-order valence-corrected chi connectivity index (χ1v) is 9.52. The monoisotopic (exact) mass is 349 g/mol. The average Bonchev–Trinajstić information content (AvgIpc) is 3.06. The SMILES string of the molecule is Cc1cccc(-c2nnc(S(=O)(=O)CC(=O)N3CCCCC3)o2)c1. The summed E-state index contributed by atoms with van der Waals surface area (Å²) in [5, 5.41) is 6.90. The topological polar surface area (TPSA) is 93.4 Å². The van der Waals surface area contributed by atoms with Gasteiger partial charge in [-0.25, -0.2) is 8.42 Å². The molecule has 128 valence electrons. The molecular weight excluding hydrogens is 330 g/mol. The number of piperidine rings is 1. The Balaban J connectivity index is 1.76. The minimum absolute atomic E-state index is 0.127. The van der Waals surface area contributed by atoms with E-state index in [1.165, 1.54) is 0 Å². The van der Waals surface area contributed by atoms with Crippen LogP contribution < -0.4 is 0 Å². The zero-order valence-electron chi connectivity index (χ0n) is 13.4. The van der Waals surface area contributed by atoms with Gasteiger partial charge in [0.05, 0.1) is 0 Å². The third kappa shape index (κ3) is 3.64.